The summed E-state index contributed by atoms with van der Waals surface area (Å²) in [7, 11) is 1.71. The molecule has 0 saturated carbocycles. The number of rotatable bonds is 5. The highest BCUT2D eigenvalue weighted by molar-refractivity contribution is 5.59. The minimum Gasteiger partial charge on any atom is -0.495 e. The predicted octanol–water partition coefficient (Wildman–Crippen LogP) is 3.91. The van der Waals surface area contributed by atoms with E-state index in [1.54, 1.807) is 7.11 Å². The second-order valence-electron chi connectivity index (χ2n) is 5.38. The molecule has 0 aromatic heterocycles. The molecule has 0 bridgehead atoms. The lowest BCUT2D eigenvalue weighted by atomic mass is 10.1. The molecule has 3 rings (SSSR count). The Morgan fingerprint density at radius 1 is 1.00 bits per heavy atom. The average Bonchev–Trinajstić information content (AvgIpc) is 3.08. The lowest BCUT2D eigenvalue weighted by Crippen LogP contribution is -2.19. The van der Waals surface area contributed by atoms with Gasteiger partial charge >= 0.3 is 0 Å². The van der Waals surface area contributed by atoms with Crippen molar-refractivity contribution in [2.45, 2.75) is 19.4 Å². The Morgan fingerprint density at radius 3 is 2.52 bits per heavy atom. The molecule has 0 amide bonds. The third kappa shape index (κ3) is 3.13. The zero-order chi connectivity index (χ0) is 14.5. The summed E-state index contributed by atoms with van der Waals surface area (Å²) < 4.78 is 5.39. The van der Waals surface area contributed by atoms with Crippen molar-refractivity contribution in [3.8, 4) is 5.75 Å². The summed E-state index contributed by atoms with van der Waals surface area (Å²) in [5.74, 6) is 0.885. The van der Waals surface area contributed by atoms with Gasteiger partial charge in [0.25, 0.3) is 0 Å². The van der Waals surface area contributed by atoms with Crippen LogP contribution in [0.5, 0.6) is 5.75 Å². The summed E-state index contributed by atoms with van der Waals surface area (Å²) in [5.41, 5.74) is 3.74. The molecule has 0 spiro atoms. The molecule has 1 aliphatic heterocycles. The first kappa shape index (κ1) is 13.8. The van der Waals surface area contributed by atoms with Crippen molar-refractivity contribution in [1.82, 2.24) is 0 Å². The van der Waals surface area contributed by atoms with E-state index in [2.05, 4.69) is 40.5 Å². The van der Waals surface area contributed by atoms with Gasteiger partial charge in [-0.15, -0.1) is 0 Å². The largest absolute Gasteiger partial charge is 0.495 e. The Hall–Kier alpha value is -2.16. The molecule has 1 heterocycles. The molecule has 1 saturated heterocycles. The standard InChI is InChI=1S/C18H22N2O/c1-21-18-11-5-3-9-16(18)19-14-15-8-2-4-10-17(15)20-12-6-7-13-20/h2-5,8-11,19H,6-7,12-14H2,1H3. The van der Waals surface area contributed by atoms with E-state index in [4.69, 9.17) is 4.74 Å². The molecule has 0 atom stereocenters. The van der Waals surface area contributed by atoms with Gasteiger partial charge in [0, 0.05) is 25.3 Å². The number of hydrogen-bond acceptors (Lipinski definition) is 3. The van der Waals surface area contributed by atoms with Crippen LogP contribution in [0.2, 0.25) is 0 Å². The normalized spacial score (nSPS) is 14.2. The van der Waals surface area contributed by atoms with Crippen LogP contribution in [0.3, 0.4) is 0 Å². The van der Waals surface area contributed by atoms with Crippen molar-refractivity contribution in [3.63, 3.8) is 0 Å². The van der Waals surface area contributed by atoms with Crippen LogP contribution >= 0.6 is 0 Å². The highest BCUT2D eigenvalue weighted by Crippen LogP contribution is 2.27. The summed E-state index contributed by atoms with van der Waals surface area (Å²) in [6, 6.07) is 16.7. The first-order valence-corrected chi connectivity index (χ1v) is 7.58. The van der Waals surface area contributed by atoms with E-state index in [9.17, 15) is 0 Å². The van der Waals surface area contributed by atoms with Crippen LogP contribution in [-0.2, 0) is 6.54 Å². The van der Waals surface area contributed by atoms with E-state index in [0.717, 1.165) is 18.0 Å². The van der Waals surface area contributed by atoms with Gasteiger partial charge in [-0.2, -0.15) is 0 Å². The highest BCUT2D eigenvalue weighted by Gasteiger charge is 2.15. The Labute approximate surface area is 126 Å². The zero-order valence-corrected chi connectivity index (χ0v) is 12.5. The molecule has 0 radical (unpaired) electrons. The Morgan fingerprint density at radius 2 is 1.71 bits per heavy atom. The van der Waals surface area contributed by atoms with Crippen LogP contribution in [-0.4, -0.2) is 20.2 Å². The van der Waals surface area contributed by atoms with Crippen LogP contribution < -0.4 is 15.0 Å². The van der Waals surface area contributed by atoms with Crippen molar-refractivity contribution < 1.29 is 4.74 Å². The quantitative estimate of drug-likeness (QED) is 0.900. The maximum absolute atomic E-state index is 5.39. The van der Waals surface area contributed by atoms with E-state index >= 15 is 0 Å². The number of para-hydroxylation sites is 3. The molecule has 3 heteroatoms. The SMILES string of the molecule is COc1ccccc1NCc1ccccc1N1CCCC1. The summed E-state index contributed by atoms with van der Waals surface area (Å²) in [6.45, 7) is 3.16. The van der Waals surface area contributed by atoms with Gasteiger partial charge in [-0.1, -0.05) is 30.3 Å². The summed E-state index contributed by atoms with van der Waals surface area (Å²) in [4.78, 5) is 2.49. The van der Waals surface area contributed by atoms with Crippen molar-refractivity contribution in [2.75, 3.05) is 30.4 Å². The van der Waals surface area contributed by atoms with Crippen molar-refractivity contribution in [3.05, 3.63) is 54.1 Å². The van der Waals surface area contributed by atoms with Gasteiger partial charge in [-0.25, -0.2) is 0 Å². The van der Waals surface area contributed by atoms with Crippen LogP contribution in [0.1, 0.15) is 18.4 Å². The number of anilines is 2. The molecule has 0 aliphatic carbocycles. The Kier molecular flexibility index (Phi) is 4.29. The second-order valence-corrected chi connectivity index (χ2v) is 5.38. The molecule has 3 nitrogen and oxygen atoms in total. The number of nitrogens with zero attached hydrogens (tertiary/aromatic N) is 1. The van der Waals surface area contributed by atoms with Gasteiger partial charge in [-0.3, -0.25) is 0 Å². The highest BCUT2D eigenvalue weighted by atomic mass is 16.5. The van der Waals surface area contributed by atoms with Crippen LogP contribution in [0.25, 0.3) is 0 Å². The van der Waals surface area contributed by atoms with Gasteiger partial charge in [0.05, 0.1) is 12.8 Å². The lowest BCUT2D eigenvalue weighted by Gasteiger charge is -2.22. The van der Waals surface area contributed by atoms with Gasteiger partial charge in [0.1, 0.15) is 5.75 Å². The van der Waals surface area contributed by atoms with Gasteiger partial charge in [0.2, 0.25) is 0 Å². The maximum atomic E-state index is 5.39. The lowest BCUT2D eigenvalue weighted by molar-refractivity contribution is 0.416. The average molecular weight is 282 g/mol. The number of ether oxygens (including phenoxy) is 1. The molecule has 0 unspecified atom stereocenters. The Bertz CT molecular complexity index is 591. The molecule has 110 valence electrons. The van der Waals surface area contributed by atoms with Gasteiger partial charge < -0.3 is 15.0 Å². The maximum Gasteiger partial charge on any atom is 0.141 e. The molecule has 1 aliphatic rings. The van der Waals surface area contributed by atoms with Gasteiger partial charge in [0.15, 0.2) is 0 Å². The van der Waals surface area contributed by atoms with E-state index < -0.39 is 0 Å². The molecule has 2 aromatic rings. The van der Waals surface area contributed by atoms with Crippen molar-refractivity contribution in [1.29, 1.82) is 0 Å². The van der Waals surface area contributed by atoms with E-state index in [1.165, 1.54) is 37.2 Å². The molecular formula is C18H22N2O. The fourth-order valence-electron chi connectivity index (χ4n) is 2.91. The fourth-order valence-corrected chi connectivity index (χ4v) is 2.91. The number of nitrogens with one attached hydrogen (secondary N) is 1. The minimum absolute atomic E-state index is 0.813. The minimum atomic E-state index is 0.813. The number of benzene rings is 2. The van der Waals surface area contributed by atoms with E-state index in [1.807, 2.05) is 18.2 Å². The summed E-state index contributed by atoms with van der Waals surface area (Å²) in [5, 5.41) is 3.49. The molecular weight excluding hydrogens is 260 g/mol. The first-order valence-electron chi connectivity index (χ1n) is 7.58. The van der Waals surface area contributed by atoms with Crippen LogP contribution in [0.4, 0.5) is 11.4 Å². The molecule has 1 fully saturated rings. The number of hydrogen-bond donors (Lipinski definition) is 1. The zero-order valence-electron chi connectivity index (χ0n) is 12.5. The monoisotopic (exact) mass is 282 g/mol. The molecule has 21 heavy (non-hydrogen) atoms. The van der Waals surface area contributed by atoms with Crippen LogP contribution in [0, 0.1) is 0 Å². The van der Waals surface area contributed by atoms with Crippen LogP contribution in [0.15, 0.2) is 48.5 Å². The smallest absolute Gasteiger partial charge is 0.141 e. The fraction of sp³-hybridized carbons (Fsp3) is 0.333. The van der Waals surface area contributed by atoms with Crippen molar-refractivity contribution in [2.24, 2.45) is 0 Å². The third-order valence-corrected chi connectivity index (χ3v) is 4.01. The second kappa shape index (κ2) is 6.53. The Balaban J connectivity index is 1.76. The van der Waals surface area contributed by atoms with Crippen molar-refractivity contribution >= 4 is 11.4 Å². The summed E-state index contributed by atoms with van der Waals surface area (Å²) >= 11 is 0. The predicted molar refractivity (Wildman–Crippen MR) is 88.2 cm³/mol. The topological polar surface area (TPSA) is 24.5 Å². The number of methoxy groups -OCH3 is 1. The summed E-state index contributed by atoms with van der Waals surface area (Å²) in [6.07, 6.45) is 2.60. The first-order chi connectivity index (χ1) is 10.4. The van der Waals surface area contributed by atoms with E-state index in [0.29, 0.717) is 0 Å². The van der Waals surface area contributed by atoms with E-state index in [-0.39, 0.29) is 0 Å². The molecule has 1 N–H and O–H groups in total. The van der Waals surface area contributed by atoms with Gasteiger partial charge in [-0.05, 0) is 36.6 Å². The molecule has 2 aromatic carbocycles. The third-order valence-electron chi connectivity index (χ3n) is 4.01.